The molecule has 0 saturated carbocycles. The second-order valence-corrected chi connectivity index (χ2v) is 13.4. The minimum atomic E-state index is -3.70. The number of amides is 1. The highest BCUT2D eigenvalue weighted by atomic mass is 32.2. The molecule has 0 radical (unpaired) electrons. The molecule has 0 aliphatic carbocycles. The van der Waals surface area contributed by atoms with Gasteiger partial charge < -0.3 is 14.0 Å². The Balaban J connectivity index is 1.22. The molecule has 2 aliphatic rings. The molecule has 9 nitrogen and oxygen atoms in total. The summed E-state index contributed by atoms with van der Waals surface area (Å²) < 4.78 is 36.4. The lowest BCUT2D eigenvalue weighted by Gasteiger charge is -2.44. The Morgan fingerprint density at radius 3 is 2.41 bits per heavy atom. The molecule has 0 atom stereocenters. The van der Waals surface area contributed by atoms with E-state index in [0.717, 1.165) is 24.1 Å². The predicted octanol–water partition coefficient (Wildman–Crippen LogP) is 4.70. The fourth-order valence-electron chi connectivity index (χ4n) is 5.66. The number of ether oxygens (including phenoxy) is 1. The molecule has 10 heteroatoms. The predicted molar refractivity (Wildman–Crippen MR) is 147 cm³/mol. The van der Waals surface area contributed by atoms with Crippen molar-refractivity contribution in [1.82, 2.24) is 18.6 Å². The summed E-state index contributed by atoms with van der Waals surface area (Å²) >= 11 is 0. The molecular formula is C29H36N4O5S. The number of sulfonamides is 1. The number of piperidine rings is 1. The van der Waals surface area contributed by atoms with Crippen LogP contribution in [0.15, 0.2) is 59.9 Å². The van der Waals surface area contributed by atoms with Gasteiger partial charge in [0, 0.05) is 55.7 Å². The van der Waals surface area contributed by atoms with Crippen LogP contribution in [0.25, 0.3) is 5.65 Å². The fourth-order valence-corrected chi connectivity index (χ4v) is 7.55. The first-order valence-corrected chi connectivity index (χ1v) is 15.0. The topological polar surface area (TPSA) is 101 Å². The molecule has 39 heavy (non-hydrogen) atoms. The number of likely N-dealkylation sites (tertiary alicyclic amines) is 1. The van der Waals surface area contributed by atoms with E-state index in [4.69, 9.17) is 4.74 Å². The summed E-state index contributed by atoms with van der Waals surface area (Å²) in [6.45, 7) is 6.95. The lowest BCUT2D eigenvalue weighted by Crippen LogP contribution is -2.55. The number of rotatable bonds is 6. The normalized spacial score (nSPS) is 18.1. The summed E-state index contributed by atoms with van der Waals surface area (Å²) in [6.07, 6.45) is 8.57. The van der Waals surface area contributed by atoms with Crippen LogP contribution >= 0.6 is 0 Å². The number of hydrogen-bond acceptors (Lipinski definition) is 6. The molecule has 4 heterocycles. The number of pyridine rings is 1. The van der Waals surface area contributed by atoms with E-state index in [0.29, 0.717) is 50.9 Å². The van der Waals surface area contributed by atoms with Crippen molar-refractivity contribution < 1.29 is 22.7 Å². The van der Waals surface area contributed by atoms with Gasteiger partial charge in [0.05, 0.1) is 4.90 Å². The first-order chi connectivity index (χ1) is 18.5. The zero-order valence-electron chi connectivity index (χ0n) is 22.8. The summed E-state index contributed by atoms with van der Waals surface area (Å²) in [7, 11) is -3.70. The number of hydrogen-bond donors (Lipinski definition) is 0. The molecular weight excluding hydrogens is 516 g/mol. The molecule has 0 unspecified atom stereocenters. The van der Waals surface area contributed by atoms with Crippen LogP contribution in [0.1, 0.15) is 68.8 Å². The van der Waals surface area contributed by atoms with Crippen molar-refractivity contribution in [2.75, 3.05) is 19.6 Å². The molecule has 1 aromatic carbocycles. The smallest absolute Gasteiger partial charge is 0.410 e. The highest BCUT2D eigenvalue weighted by Gasteiger charge is 2.49. The van der Waals surface area contributed by atoms with Crippen LogP contribution < -0.4 is 0 Å². The Hall–Kier alpha value is -3.24. The lowest BCUT2D eigenvalue weighted by molar-refractivity contribution is 0.0113. The highest BCUT2D eigenvalue weighted by Crippen LogP contribution is 2.42. The molecule has 2 fully saturated rings. The summed E-state index contributed by atoms with van der Waals surface area (Å²) in [5, 5.41) is 0. The quantitative estimate of drug-likeness (QED) is 0.411. The third-order valence-electron chi connectivity index (χ3n) is 7.74. The fraction of sp³-hybridized carbons (Fsp3) is 0.483. The van der Waals surface area contributed by atoms with E-state index in [1.165, 1.54) is 0 Å². The zero-order valence-corrected chi connectivity index (χ0v) is 23.6. The van der Waals surface area contributed by atoms with Gasteiger partial charge in [0.15, 0.2) is 5.78 Å². The molecule has 1 spiro atoms. The second-order valence-electron chi connectivity index (χ2n) is 11.6. The minimum Gasteiger partial charge on any atom is -0.444 e. The Morgan fingerprint density at radius 2 is 1.72 bits per heavy atom. The maximum absolute atomic E-state index is 13.7. The Labute approximate surface area is 229 Å². The number of carbonyl (C=O) groups is 2. The van der Waals surface area contributed by atoms with Crippen molar-refractivity contribution in [3.8, 4) is 0 Å². The van der Waals surface area contributed by atoms with Gasteiger partial charge >= 0.3 is 6.09 Å². The van der Waals surface area contributed by atoms with Crippen molar-refractivity contribution in [2.45, 2.75) is 75.3 Å². The van der Waals surface area contributed by atoms with Gasteiger partial charge in [0.25, 0.3) is 0 Å². The van der Waals surface area contributed by atoms with Crippen LogP contribution in [0.2, 0.25) is 0 Å². The van der Waals surface area contributed by atoms with Crippen molar-refractivity contribution >= 4 is 27.5 Å². The highest BCUT2D eigenvalue weighted by molar-refractivity contribution is 7.89. The van der Waals surface area contributed by atoms with E-state index < -0.39 is 21.2 Å². The summed E-state index contributed by atoms with van der Waals surface area (Å²) in [5.74, 6) is 0.0269. The van der Waals surface area contributed by atoms with E-state index in [2.05, 4.69) is 4.98 Å². The average Bonchev–Trinajstić information content (AvgIpc) is 3.54. The summed E-state index contributed by atoms with van der Waals surface area (Å²) in [4.78, 5) is 31.4. The SMILES string of the molecule is CC(C)(C)OC(=O)N1CCC2(CCCN2S(=O)(=O)c2ccc(CCC(=O)c3ccc4nccn4c3)cc2)CC1. The lowest BCUT2D eigenvalue weighted by atomic mass is 9.86. The van der Waals surface area contributed by atoms with Gasteiger partial charge in [-0.3, -0.25) is 4.79 Å². The first kappa shape index (κ1) is 27.3. The Morgan fingerprint density at radius 1 is 1.00 bits per heavy atom. The van der Waals surface area contributed by atoms with Crippen molar-refractivity contribution in [3.05, 3.63) is 66.1 Å². The second kappa shape index (κ2) is 10.4. The van der Waals surface area contributed by atoms with Crippen molar-refractivity contribution in [3.63, 3.8) is 0 Å². The average molecular weight is 553 g/mol. The van der Waals surface area contributed by atoms with Crippen molar-refractivity contribution in [2.24, 2.45) is 0 Å². The molecule has 208 valence electrons. The molecule has 1 amide bonds. The largest absolute Gasteiger partial charge is 0.444 e. The number of ketones is 1. The van der Waals surface area contributed by atoms with Crippen LogP contribution in [0.5, 0.6) is 0 Å². The molecule has 5 rings (SSSR count). The summed E-state index contributed by atoms with van der Waals surface area (Å²) in [5.41, 5.74) is 1.28. The number of benzene rings is 1. The van der Waals surface area contributed by atoms with E-state index in [9.17, 15) is 18.0 Å². The number of fused-ring (bicyclic) bond motifs is 1. The van der Waals surface area contributed by atoms with E-state index >= 15 is 0 Å². The molecule has 0 bridgehead atoms. The Kier molecular flexibility index (Phi) is 7.28. The standard InChI is InChI=1S/C29H36N4O5S/c1-28(2,3)38-27(35)31-18-14-29(15-19-31)13-4-17-33(29)39(36,37)24-9-5-22(6-10-24)7-11-25(34)23-8-12-26-30-16-20-32(26)21-23/h5-6,8-10,12,16,20-21H,4,7,11,13-15,17-19H2,1-3H3. The molecule has 2 aliphatic heterocycles. The first-order valence-electron chi connectivity index (χ1n) is 13.5. The van der Waals surface area contributed by atoms with Gasteiger partial charge in [-0.2, -0.15) is 4.31 Å². The van der Waals surface area contributed by atoms with Crippen LogP contribution in [0.3, 0.4) is 0 Å². The van der Waals surface area contributed by atoms with Gasteiger partial charge in [-0.1, -0.05) is 12.1 Å². The molecule has 0 N–H and O–H groups in total. The van der Waals surface area contributed by atoms with E-state index in [-0.39, 0.29) is 16.8 Å². The maximum Gasteiger partial charge on any atom is 0.410 e. The maximum atomic E-state index is 13.7. The van der Waals surface area contributed by atoms with Gasteiger partial charge in [0.2, 0.25) is 10.0 Å². The van der Waals surface area contributed by atoms with Gasteiger partial charge in [-0.15, -0.1) is 0 Å². The van der Waals surface area contributed by atoms with Crippen LogP contribution in [-0.4, -0.2) is 69.7 Å². The monoisotopic (exact) mass is 552 g/mol. The van der Waals surface area contributed by atoms with E-state index in [1.54, 1.807) is 58.1 Å². The Bertz CT molecular complexity index is 1470. The van der Waals surface area contributed by atoms with Crippen LogP contribution in [0, 0.1) is 0 Å². The third kappa shape index (κ3) is 5.72. The number of imidazole rings is 1. The van der Waals surface area contributed by atoms with E-state index in [1.807, 2.05) is 31.2 Å². The number of Topliss-reactive ketones (excluding diaryl/α,β-unsaturated/α-hetero) is 1. The number of nitrogens with zero attached hydrogens (tertiary/aromatic N) is 4. The molecule has 2 saturated heterocycles. The van der Waals surface area contributed by atoms with Gasteiger partial charge in [-0.05, 0) is 82.7 Å². The van der Waals surface area contributed by atoms with Gasteiger partial charge in [-0.25, -0.2) is 18.2 Å². The zero-order chi connectivity index (χ0) is 27.8. The number of aryl methyl sites for hydroxylation is 1. The third-order valence-corrected chi connectivity index (χ3v) is 9.76. The van der Waals surface area contributed by atoms with Crippen LogP contribution in [0.4, 0.5) is 4.79 Å². The minimum absolute atomic E-state index is 0.0269. The van der Waals surface area contributed by atoms with Gasteiger partial charge in [0.1, 0.15) is 11.2 Å². The number of carbonyl (C=O) groups excluding carboxylic acids is 2. The number of aromatic nitrogens is 2. The summed E-state index contributed by atoms with van der Waals surface area (Å²) in [6, 6.07) is 10.5. The van der Waals surface area contributed by atoms with Crippen LogP contribution in [-0.2, 0) is 21.2 Å². The van der Waals surface area contributed by atoms with Crippen molar-refractivity contribution in [1.29, 1.82) is 0 Å². The molecule has 3 aromatic rings. The molecule has 2 aromatic heterocycles.